The number of carbonyl (C=O) groups is 2. The first-order valence-corrected chi connectivity index (χ1v) is 11.1. The van der Waals surface area contributed by atoms with Crippen molar-refractivity contribution in [3.8, 4) is 5.75 Å². The third-order valence-electron chi connectivity index (χ3n) is 5.20. The van der Waals surface area contributed by atoms with Crippen molar-refractivity contribution in [3.05, 3.63) is 86.3 Å². The predicted octanol–water partition coefficient (Wildman–Crippen LogP) is 5.87. The van der Waals surface area contributed by atoms with Crippen LogP contribution in [0.5, 0.6) is 5.75 Å². The van der Waals surface area contributed by atoms with Gasteiger partial charge in [-0.1, -0.05) is 11.6 Å². The average Bonchev–Trinajstić information content (AvgIpc) is 3.30. The number of ketones is 1. The molecule has 1 N–H and O–H groups in total. The number of nitrogens with zero attached hydrogens (tertiary/aromatic N) is 1. The van der Waals surface area contributed by atoms with Gasteiger partial charge in [0.15, 0.2) is 0 Å². The zero-order valence-corrected chi connectivity index (χ0v) is 18.8. The highest BCUT2D eigenvalue weighted by Gasteiger charge is 2.48. The summed E-state index contributed by atoms with van der Waals surface area (Å²) in [5.41, 5.74) is 1.48. The van der Waals surface area contributed by atoms with Gasteiger partial charge in [-0.15, -0.1) is 11.3 Å². The van der Waals surface area contributed by atoms with E-state index in [1.807, 2.05) is 18.4 Å². The van der Waals surface area contributed by atoms with E-state index in [4.69, 9.17) is 16.3 Å². The number of aliphatic hydroxyl groups excluding tert-OH is 1. The molecule has 0 spiro atoms. The molecule has 2 heterocycles. The Balaban J connectivity index is 1.92. The summed E-state index contributed by atoms with van der Waals surface area (Å²) in [6.45, 7) is 4.04. The number of halogens is 2. The second-order valence-corrected chi connectivity index (χ2v) is 8.55. The smallest absolute Gasteiger partial charge is 0.300 e. The van der Waals surface area contributed by atoms with Crippen molar-refractivity contribution < 1.29 is 23.8 Å². The van der Waals surface area contributed by atoms with Crippen LogP contribution in [0.4, 0.5) is 10.1 Å². The highest BCUT2D eigenvalue weighted by molar-refractivity contribution is 7.10. The molecule has 4 rings (SSSR count). The average molecular weight is 472 g/mol. The number of aliphatic hydroxyl groups is 1. The Morgan fingerprint density at radius 3 is 2.53 bits per heavy atom. The van der Waals surface area contributed by atoms with Crippen molar-refractivity contribution >= 4 is 46.1 Å². The van der Waals surface area contributed by atoms with Gasteiger partial charge in [-0.25, -0.2) is 4.39 Å². The molecule has 2 aromatic carbocycles. The standard InChI is InChI=1S/C24H19ClFNO4S/c1-3-31-18-12-14(4-9-17(18)25)21(28)19-20(23-13(2)10-11-32-23)27(24(30)22(19)29)16-7-5-15(26)6-8-16/h4-12,20,28H,3H2,1-2H3/b21-19-. The minimum Gasteiger partial charge on any atom is -0.507 e. The second kappa shape index (κ2) is 8.76. The van der Waals surface area contributed by atoms with Crippen LogP contribution in [-0.2, 0) is 9.59 Å². The van der Waals surface area contributed by atoms with Crippen LogP contribution in [0, 0.1) is 12.7 Å². The molecule has 1 saturated heterocycles. The molecule has 0 bridgehead atoms. The number of hydrogen-bond donors (Lipinski definition) is 1. The number of carbonyl (C=O) groups excluding carboxylic acids is 2. The van der Waals surface area contributed by atoms with Crippen LogP contribution in [0.3, 0.4) is 0 Å². The van der Waals surface area contributed by atoms with Crippen LogP contribution < -0.4 is 9.64 Å². The topological polar surface area (TPSA) is 66.8 Å². The number of ether oxygens (including phenoxy) is 1. The van der Waals surface area contributed by atoms with Crippen LogP contribution in [0.2, 0.25) is 5.02 Å². The van der Waals surface area contributed by atoms with E-state index < -0.39 is 23.5 Å². The summed E-state index contributed by atoms with van der Waals surface area (Å²) in [7, 11) is 0. The van der Waals surface area contributed by atoms with Crippen molar-refractivity contribution in [1.82, 2.24) is 0 Å². The first-order chi connectivity index (χ1) is 15.3. The molecule has 1 atom stereocenters. The first-order valence-electron chi connectivity index (χ1n) is 9.86. The first kappa shape index (κ1) is 22.0. The number of thiophene rings is 1. The summed E-state index contributed by atoms with van der Waals surface area (Å²) >= 11 is 7.53. The normalized spacial score (nSPS) is 17.8. The van der Waals surface area contributed by atoms with E-state index in [0.717, 1.165) is 10.4 Å². The molecule has 1 unspecified atom stereocenters. The minimum absolute atomic E-state index is 0.0466. The van der Waals surface area contributed by atoms with Crippen LogP contribution in [0.1, 0.15) is 29.0 Å². The lowest BCUT2D eigenvalue weighted by Gasteiger charge is -2.25. The lowest BCUT2D eigenvalue weighted by atomic mass is 9.98. The van der Waals surface area contributed by atoms with E-state index in [1.165, 1.54) is 46.6 Å². The van der Waals surface area contributed by atoms with E-state index in [9.17, 15) is 19.1 Å². The molecule has 8 heteroatoms. The summed E-state index contributed by atoms with van der Waals surface area (Å²) in [5, 5.41) is 13.4. The van der Waals surface area contributed by atoms with Gasteiger partial charge >= 0.3 is 0 Å². The van der Waals surface area contributed by atoms with Gasteiger partial charge in [0.25, 0.3) is 11.7 Å². The van der Waals surface area contributed by atoms with E-state index in [0.29, 0.717) is 28.6 Å². The molecular formula is C24H19ClFNO4S. The maximum absolute atomic E-state index is 13.5. The molecule has 5 nitrogen and oxygen atoms in total. The van der Waals surface area contributed by atoms with Gasteiger partial charge in [0.1, 0.15) is 23.4 Å². The number of aryl methyl sites for hydroxylation is 1. The molecule has 32 heavy (non-hydrogen) atoms. The molecule has 0 saturated carbocycles. The fourth-order valence-electron chi connectivity index (χ4n) is 3.69. The zero-order chi connectivity index (χ0) is 23.0. The number of hydrogen-bond acceptors (Lipinski definition) is 5. The Morgan fingerprint density at radius 2 is 1.91 bits per heavy atom. The maximum Gasteiger partial charge on any atom is 0.300 e. The SMILES string of the molecule is CCOc1cc(/C(O)=C2/C(=O)C(=O)N(c3ccc(F)cc3)C2c2sccc2C)ccc1Cl. The van der Waals surface area contributed by atoms with Gasteiger partial charge < -0.3 is 9.84 Å². The van der Waals surface area contributed by atoms with E-state index >= 15 is 0 Å². The lowest BCUT2D eigenvalue weighted by molar-refractivity contribution is -0.132. The number of benzene rings is 2. The van der Waals surface area contributed by atoms with E-state index in [2.05, 4.69) is 0 Å². The largest absolute Gasteiger partial charge is 0.507 e. The minimum atomic E-state index is -0.855. The number of Topliss-reactive ketones (excluding diaryl/α,β-unsaturated/α-hetero) is 1. The highest BCUT2D eigenvalue weighted by atomic mass is 35.5. The Morgan fingerprint density at radius 1 is 1.19 bits per heavy atom. The molecule has 1 aliphatic heterocycles. The molecule has 0 radical (unpaired) electrons. The Kier molecular flexibility index (Phi) is 6.04. The third kappa shape index (κ3) is 3.78. The van der Waals surface area contributed by atoms with Gasteiger partial charge in [0.2, 0.25) is 0 Å². The van der Waals surface area contributed by atoms with Crippen molar-refractivity contribution in [2.75, 3.05) is 11.5 Å². The Labute approximate surface area is 193 Å². The van der Waals surface area contributed by atoms with Crippen LogP contribution in [-0.4, -0.2) is 23.4 Å². The van der Waals surface area contributed by atoms with E-state index in [1.54, 1.807) is 19.1 Å². The summed E-state index contributed by atoms with van der Waals surface area (Å²) < 4.78 is 19.0. The van der Waals surface area contributed by atoms with Crippen molar-refractivity contribution in [1.29, 1.82) is 0 Å². The van der Waals surface area contributed by atoms with Crippen molar-refractivity contribution in [3.63, 3.8) is 0 Å². The van der Waals surface area contributed by atoms with Crippen LogP contribution >= 0.6 is 22.9 Å². The molecule has 1 aromatic heterocycles. The van der Waals surface area contributed by atoms with Gasteiger partial charge in [0.05, 0.1) is 17.2 Å². The molecular weight excluding hydrogens is 453 g/mol. The molecule has 1 amide bonds. The summed E-state index contributed by atoms with van der Waals surface area (Å²) in [6.07, 6.45) is 0. The number of anilines is 1. The molecule has 1 aliphatic rings. The quantitative estimate of drug-likeness (QED) is 0.287. The zero-order valence-electron chi connectivity index (χ0n) is 17.3. The fraction of sp³-hybridized carbons (Fsp3) is 0.167. The van der Waals surface area contributed by atoms with Gasteiger partial charge in [-0.3, -0.25) is 14.5 Å². The molecule has 1 fully saturated rings. The van der Waals surface area contributed by atoms with Crippen LogP contribution in [0.25, 0.3) is 5.76 Å². The predicted molar refractivity (Wildman–Crippen MR) is 123 cm³/mol. The Bertz CT molecular complexity index is 1240. The van der Waals surface area contributed by atoms with Crippen molar-refractivity contribution in [2.24, 2.45) is 0 Å². The monoisotopic (exact) mass is 471 g/mol. The highest BCUT2D eigenvalue weighted by Crippen LogP contribution is 2.45. The summed E-state index contributed by atoms with van der Waals surface area (Å²) in [6, 6.07) is 11.0. The third-order valence-corrected chi connectivity index (χ3v) is 6.59. The van der Waals surface area contributed by atoms with Gasteiger partial charge in [0, 0.05) is 16.1 Å². The van der Waals surface area contributed by atoms with Gasteiger partial charge in [-0.05, 0) is 73.3 Å². The molecule has 164 valence electrons. The molecule has 0 aliphatic carbocycles. The number of rotatable bonds is 5. The summed E-state index contributed by atoms with van der Waals surface area (Å²) in [4.78, 5) is 28.2. The Hall–Kier alpha value is -3.16. The van der Waals surface area contributed by atoms with E-state index in [-0.39, 0.29) is 11.3 Å². The summed E-state index contributed by atoms with van der Waals surface area (Å²) in [5.74, 6) is -2.05. The van der Waals surface area contributed by atoms with Crippen molar-refractivity contribution in [2.45, 2.75) is 19.9 Å². The fourth-order valence-corrected chi connectivity index (χ4v) is 4.88. The lowest BCUT2D eigenvalue weighted by Crippen LogP contribution is -2.29. The molecule has 3 aromatic rings. The number of amides is 1. The second-order valence-electron chi connectivity index (χ2n) is 7.19. The van der Waals surface area contributed by atoms with Gasteiger partial charge in [-0.2, -0.15) is 0 Å². The maximum atomic E-state index is 13.5. The van der Waals surface area contributed by atoms with Crippen LogP contribution in [0.15, 0.2) is 59.5 Å².